The maximum atomic E-state index is 6.45. The number of nitrogens with two attached hydrogens (primary N) is 1. The number of ether oxygens (including phenoxy) is 1. The zero-order valence-electron chi connectivity index (χ0n) is 13.1. The highest BCUT2D eigenvalue weighted by Gasteiger charge is 2.36. The van der Waals surface area contributed by atoms with E-state index < -0.39 is 0 Å². The monoisotopic (exact) mass is 288 g/mol. The molecule has 3 nitrogen and oxygen atoms in total. The first-order chi connectivity index (χ1) is 10.3. The molecule has 21 heavy (non-hydrogen) atoms. The number of hydrogen-bond donors (Lipinski definition) is 1. The van der Waals surface area contributed by atoms with E-state index in [0.29, 0.717) is 12.1 Å². The van der Waals surface area contributed by atoms with E-state index in [2.05, 4.69) is 36.1 Å². The van der Waals surface area contributed by atoms with Crippen LogP contribution in [0.5, 0.6) is 0 Å². The second kappa shape index (κ2) is 6.91. The number of nitrogens with zero attached hydrogens (tertiary/aromatic N) is 1. The fourth-order valence-electron chi connectivity index (χ4n) is 3.81. The molecule has 3 heteroatoms. The molecule has 1 aliphatic carbocycles. The molecule has 0 bridgehead atoms. The maximum Gasteiger partial charge on any atom is 0.0730 e. The third-order valence-corrected chi connectivity index (χ3v) is 4.97. The Morgan fingerprint density at radius 1 is 1.29 bits per heavy atom. The Hall–Kier alpha value is -0.900. The smallest absolute Gasteiger partial charge is 0.0730 e. The van der Waals surface area contributed by atoms with Crippen LogP contribution in [0.3, 0.4) is 0 Å². The summed E-state index contributed by atoms with van der Waals surface area (Å²) >= 11 is 0. The molecule has 1 heterocycles. The van der Waals surface area contributed by atoms with Crippen molar-refractivity contribution in [3.05, 3.63) is 35.4 Å². The van der Waals surface area contributed by atoms with Gasteiger partial charge in [0.15, 0.2) is 0 Å². The molecule has 0 aromatic heterocycles. The third kappa shape index (κ3) is 3.47. The normalized spacial score (nSPS) is 27.5. The number of hydrogen-bond acceptors (Lipinski definition) is 3. The quantitative estimate of drug-likeness (QED) is 0.905. The molecule has 0 radical (unpaired) electrons. The first-order valence-corrected chi connectivity index (χ1v) is 8.48. The summed E-state index contributed by atoms with van der Waals surface area (Å²) in [6.07, 6.45) is 6.60. The standard InChI is InChI=1S/C18H28N2O/c1-2-4-14-7-9-15(10-8-14)16(19)13-20-11-12-21-18-6-3-5-17(18)20/h7-10,16-18H,2-6,11-13,19H2,1H3. The van der Waals surface area contributed by atoms with Crippen LogP contribution in [-0.2, 0) is 11.2 Å². The summed E-state index contributed by atoms with van der Waals surface area (Å²) in [4.78, 5) is 2.56. The van der Waals surface area contributed by atoms with E-state index >= 15 is 0 Å². The molecule has 3 rings (SSSR count). The molecular weight excluding hydrogens is 260 g/mol. The Balaban J connectivity index is 1.61. The molecule has 3 unspecified atom stereocenters. The van der Waals surface area contributed by atoms with Gasteiger partial charge in [-0.05, 0) is 36.8 Å². The number of aryl methyl sites for hydroxylation is 1. The lowest BCUT2D eigenvalue weighted by Gasteiger charge is -2.39. The number of morpholine rings is 1. The molecule has 1 saturated carbocycles. The summed E-state index contributed by atoms with van der Waals surface area (Å²) in [6.45, 7) is 5.07. The zero-order valence-corrected chi connectivity index (χ0v) is 13.1. The summed E-state index contributed by atoms with van der Waals surface area (Å²) in [6, 6.07) is 9.60. The van der Waals surface area contributed by atoms with Crippen LogP contribution in [0.2, 0.25) is 0 Å². The van der Waals surface area contributed by atoms with Crippen LogP contribution in [0.1, 0.15) is 49.8 Å². The highest BCUT2D eigenvalue weighted by molar-refractivity contribution is 5.25. The van der Waals surface area contributed by atoms with Gasteiger partial charge in [0.05, 0.1) is 12.7 Å². The van der Waals surface area contributed by atoms with Crippen LogP contribution in [0.15, 0.2) is 24.3 Å². The van der Waals surface area contributed by atoms with Crippen molar-refractivity contribution in [2.75, 3.05) is 19.7 Å². The first-order valence-electron chi connectivity index (χ1n) is 8.48. The van der Waals surface area contributed by atoms with Crippen LogP contribution in [0, 0.1) is 0 Å². The van der Waals surface area contributed by atoms with Gasteiger partial charge in [-0.1, -0.05) is 37.6 Å². The van der Waals surface area contributed by atoms with Crippen LogP contribution in [-0.4, -0.2) is 36.7 Å². The van der Waals surface area contributed by atoms with E-state index in [4.69, 9.17) is 10.5 Å². The number of rotatable bonds is 5. The molecule has 0 spiro atoms. The number of benzene rings is 1. The van der Waals surface area contributed by atoms with Gasteiger partial charge in [-0.2, -0.15) is 0 Å². The van der Waals surface area contributed by atoms with Gasteiger partial charge in [0, 0.05) is 25.2 Å². The Kier molecular flexibility index (Phi) is 4.94. The minimum atomic E-state index is 0.111. The zero-order chi connectivity index (χ0) is 14.7. The van der Waals surface area contributed by atoms with Crippen molar-refractivity contribution in [3.63, 3.8) is 0 Å². The highest BCUT2D eigenvalue weighted by atomic mass is 16.5. The SMILES string of the molecule is CCCc1ccc(C(N)CN2CCOC3CCCC32)cc1. The fraction of sp³-hybridized carbons (Fsp3) is 0.667. The van der Waals surface area contributed by atoms with Gasteiger partial charge in [0.2, 0.25) is 0 Å². The molecule has 1 aromatic rings. The molecular formula is C18H28N2O. The van der Waals surface area contributed by atoms with E-state index in [1.54, 1.807) is 0 Å². The average Bonchev–Trinajstić information content (AvgIpc) is 2.98. The van der Waals surface area contributed by atoms with Gasteiger partial charge >= 0.3 is 0 Å². The average molecular weight is 288 g/mol. The van der Waals surface area contributed by atoms with Gasteiger partial charge < -0.3 is 10.5 Å². The van der Waals surface area contributed by atoms with Crippen LogP contribution in [0.4, 0.5) is 0 Å². The Morgan fingerprint density at radius 2 is 2.10 bits per heavy atom. The van der Waals surface area contributed by atoms with Crippen molar-refractivity contribution < 1.29 is 4.74 Å². The van der Waals surface area contributed by atoms with Crippen LogP contribution >= 0.6 is 0 Å². The van der Waals surface area contributed by atoms with Crippen molar-refractivity contribution in [3.8, 4) is 0 Å². The molecule has 116 valence electrons. The lowest BCUT2D eigenvalue weighted by Crippen LogP contribution is -2.50. The van der Waals surface area contributed by atoms with Crippen molar-refractivity contribution in [1.29, 1.82) is 0 Å². The second-order valence-electron chi connectivity index (χ2n) is 6.50. The van der Waals surface area contributed by atoms with E-state index in [1.165, 1.54) is 36.8 Å². The molecule has 3 atom stereocenters. The molecule has 2 aliphatic rings. The van der Waals surface area contributed by atoms with Crippen LogP contribution < -0.4 is 5.73 Å². The Bertz CT molecular complexity index is 445. The lowest BCUT2D eigenvalue weighted by atomic mass is 10.0. The number of fused-ring (bicyclic) bond motifs is 1. The highest BCUT2D eigenvalue weighted by Crippen LogP contribution is 2.30. The lowest BCUT2D eigenvalue weighted by molar-refractivity contribution is -0.0571. The van der Waals surface area contributed by atoms with Crippen molar-refractivity contribution >= 4 is 0 Å². The third-order valence-electron chi connectivity index (χ3n) is 4.97. The maximum absolute atomic E-state index is 6.45. The van der Waals surface area contributed by atoms with Gasteiger partial charge in [-0.25, -0.2) is 0 Å². The van der Waals surface area contributed by atoms with Gasteiger partial charge in [0.25, 0.3) is 0 Å². The van der Waals surface area contributed by atoms with Crippen molar-refractivity contribution in [1.82, 2.24) is 4.90 Å². The summed E-state index contributed by atoms with van der Waals surface area (Å²) in [5.41, 5.74) is 9.12. The Morgan fingerprint density at radius 3 is 2.86 bits per heavy atom. The van der Waals surface area contributed by atoms with E-state index in [9.17, 15) is 0 Å². The van der Waals surface area contributed by atoms with E-state index in [0.717, 1.165) is 26.1 Å². The van der Waals surface area contributed by atoms with Gasteiger partial charge in [-0.3, -0.25) is 4.90 Å². The predicted molar refractivity (Wildman–Crippen MR) is 86.3 cm³/mol. The molecule has 1 saturated heterocycles. The minimum absolute atomic E-state index is 0.111. The topological polar surface area (TPSA) is 38.5 Å². The van der Waals surface area contributed by atoms with E-state index in [1.807, 2.05) is 0 Å². The Labute approximate surface area is 128 Å². The molecule has 2 N–H and O–H groups in total. The molecule has 0 amide bonds. The summed E-state index contributed by atoms with van der Waals surface area (Å²) in [7, 11) is 0. The summed E-state index contributed by atoms with van der Waals surface area (Å²) < 4.78 is 5.88. The largest absolute Gasteiger partial charge is 0.375 e. The van der Waals surface area contributed by atoms with Gasteiger partial charge in [0.1, 0.15) is 0 Å². The van der Waals surface area contributed by atoms with Crippen molar-refractivity contribution in [2.24, 2.45) is 5.73 Å². The molecule has 1 aliphatic heterocycles. The van der Waals surface area contributed by atoms with Crippen LogP contribution in [0.25, 0.3) is 0 Å². The second-order valence-corrected chi connectivity index (χ2v) is 6.50. The first kappa shape index (κ1) is 15.0. The fourth-order valence-corrected chi connectivity index (χ4v) is 3.81. The molecule has 1 aromatic carbocycles. The summed E-state index contributed by atoms with van der Waals surface area (Å²) in [5, 5.41) is 0. The van der Waals surface area contributed by atoms with Gasteiger partial charge in [-0.15, -0.1) is 0 Å². The molecule has 2 fully saturated rings. The summed E-state index contributed by atoms with van der Waals surface area (Å²) in [5.74, 6) is 0. The minimum Gasteiger partial charge on any atom is -0.375 e. The van der Waals surface area contributed by atoms with E-state index in [-0.39, 0.29) is 6.04 Å². The predicted octanol–water partition coefficient (Wildman–Crippen LogP) is 2.89. The van der Waals surface area contributed by atoms with Crippen molar-refractivity contribution in [2.45, 2.75) is 57.2 Å².